The van der Waals surface area contributed by atoms with Gasteiger partial charge in [-0.15, -0.1) is 0 Å². The van der Waals surface area contributed by atoms with Crippen LogP contribution in [0.15, 0.2) is 47.4 Å². The molecule has 3 heterocycles. The molecule has 6 nitrogen and oxygen atoms in total. The van der Waals surface area contributed by atoms with E-state index in [2.05, 4.69) is 10.2 Å². The third-order valence-corrected chi connectivity index (χ3v) is 7.40. The van der Waals surface area contributed by atoms with Crippen LogP contribution < -0.4 is 10.1 Å². The summed E-state index contributed by atoms with van der Waals surface area (Å²) in [7, 11) is -3.60. The number of fused-ring (bicyclic) bond motifs is 5. The Morgan fingerprint density at radius 2 is 1.86 bits per heavy atom. The zero-order valence-electron chi connectivity index (χ0n) is 16.7. The van der Waals surface area contributed by atoms with Crippen LogP contribution in [0.2, 0.25) is 0 Å². The molecule has 5 rings (SSSR count). The average Bonchev–Trinajstić information content (AvgIpc) is 3.14. The summed E-state index contributed by atoms with van der Waals surface area (Å²) in [4.78, 5) is 2.77. The molecular formula is C22H25N3O3S. The molecule has 0 radical (unpaired) electrons. The Labute approximate surface area is 171 Å². The Balaban J connectivity index is 1.76. The largest absolute Gasteiger partial charge is 0.491 e. The van der Waals surface area contributed by atoms with Gasteiger partial charge in [0.2, 0.25) is 0 Å². The number of aromatic nitrogens is 1. The van der Waals surface area contributed by atoms with Crippen molar-refractivity contribution in [3.8, 4) is 17.0 Å². The van der Waals surface area contributed by atoms with Gasteiger partial charge in [0.25, 0.3) is 10.0 Å². The number of hydrogen-bond acceptors (Lipinski definition) is 5. The minimum Gasteiger partial charge on any atom is -0.491 e. The second-order valence-electron chi connectivity index (χ2n) is 7.96. The lowest BCUT2D eigenvalue weighted by atomic mass is 10.0. The van der Waals surface area contributed by atoms with Crippen LogP contribution in [-0.4, -0.2) is 49.6 Å². The Bertz CT molecular complexity index is 1190. The Morgan fingerprint density at radius 3 is 2.62 bits per heavy atom. The summed E-state index contributed by atoms with van der Waals surface area (Å²) < 4.78 is 34.2. The van der Waals surface area contributed by atoms with Gasteiger partial charge >= 0.3 is 0 Å². The minimum absolute atomic E-state index is 0.0583. The van der Waals surface area contributed by atoms with E-state index >= 15 is 0 Å². The van der Waals surface area contributed by atoms with Crippen molar-refractivity contribution in [2.45, 2.75) is 31.4 Å². The Morgan fingerprint density at radius 1 is 1.10 bits per heavy atom. The van der Waals surface area contributed by atoms with Crippen LogP contribution in [0.3, 0.4) is 0 Å². The molecule has 3 aromatic rings. The molecule has 2 aliphatic rings. The second kappa shape index (κ2) is 6.86. The normalized spacial score (nSPS) is 18.2. The van der Waals surface area contributed by atoms with Gasteiger partial charge in [-0.3, -0.25) is 4.90 Å². The van der Waals surface area contributed by atoms with Gasteiger partial charge in [-0.2, -0.15) is 0 Å². The van der Waals surface area contributed by atoms with Crippen LogP contribution >= 0.6 is 0 Å². The van der Waals surface area contributed by atoms with Gasteiger partial charge in [0.05, 0.1) is 22.2 Å². The summed E-state index contributed by atoms with van der Waals surface area (Å²) in [6.07, 6.45) is 0.0583. The van der Waals surface area contributed by atoms with Gasteiger partial charge in [-0.05, 0) is 38.1 Å². The maximum absolute atomic E-state index is 13.4. The van der Waals surface area contributed by atoms with Gasteiger partial charge in [0.1, 0.15) is 5.75 Å². The molecule has 1 aromatic heterocycles. The first kappa shape index (κ1) is 18.7. The molecular weight excluding hydrogens is 386 g/mol. The molecule has 29 heavy (non-hydrogen) atoms. The summed E-state index contributed by atoms with van der Waals surface area (Å²) >= 11 is 0. The highest BCUT2D eigenvalue weighted by Crippen LogP contribution is 2.45. The first-order valence-electron chi connectivity index (χ1n) is 10.1. The van der Waals surface area contributed by atoms with Gasteiger partial charge in [-0.1, -0.05) is 18.2 Å². The summed E-state index contributed by atoms with van der Waals surface area (Å²) in [5.74, 6) is 0.768. The molecule has 1 fully saturated rings. The molecule has 7 heteroatoms. The first-order chi connectivity index (χ1) is 14.0. The van der Waals surface area contributed by atoms with E-state index in [-0.39, 0.29) is 6.10 Å². The predicted molar refractivity (Wildman–Crippen MR) is 114 cm³/mol. The highest BCUT2D eigenvalue weighted by Gasteiger charge is 2.37. The third-order valence-electron chi connectivity index (χ3n) is 5.62. The van der Waals surface area contributed by atoms with Crippen molar-refractivity contribution in [1.82, 2.24) is 14.2 Å². The van der Waals surface area contributed by atoms with Crippen LogP contribution in [-0.2, 0) is 16.6 Å². The Kier molecular flexibility index (Phi) is 4.42. The molecule has 2 aromatic carbocycles. The number of nitrogens with one attached hydrogen (secondary N) is 1. The summed E-state index contributed by atoms with van der Waals surface area (Å²) in [5, 5.41) is 4.33. The van der Waals surface area contributed by atoms with Crippen molar-refractivity contribution in [2.75, 3.05) is 26.2 Å². The molecule has 0 atom stereocenters. The summed E-state index contributed by atoms with van der Waals surface area (Å²) in [5.41, 5.74) is 3.37. The highest BCUT2D eigenvalue weighted by atomic mass is 32.2. The zero-order valence-corrected chi connectivity index (χ0v) is 17.5. The van der Waals surface area contributed by atoms with Crippen LogP contribution in [0.5, 0.6) is 5.75 Å². The smallest absolute Gasteiger partial charge is 0.269 e. The monoisotopic (exact) mass is 411 g/mol. The van der Waals surface area contributed by atoms with Gasteiger partial charge in [-0.25, -0.2) is 12.4 Å². The molecule has 0 unspecified atom stereocenters. The number of piperazine rings is 1. The van der Waals surface area contributed by atoms with E-state index in [4.69, 9.17) is 4.74 Å². The van der Waals surface area contributed by atoms with Crippen molar-refractivity contribution in [1.29, 1.82) is 0 Å². The zero-order chi connectivity index (χ0) is 20.2. The van der Waals surface area contributed by atoms with Crippen molar-refractivity contribution in [3.05, 3.63) is 48.0 Å². The van der Waals surface area contributed by atoms with E-state index in [1.165, 1.54) is 3.97 Å². The van der Waals surface area contributed by atoms with Crippen LogP contribution in [0.4, 0.5) is 0 Å². The van der Waals surface area contributed by atoms with Crippen molar-refractivity contribution < 1.29 is 13.2 Å². The van der Waals surface area contributed by atoms with E-state index < -0.39 is 10.0 Å². The molecule has 0 bridgehead atoms. The van der Waals surface area contributed by atoms with E-state index in [1.807, 2.05) is 44.2 Å². The summed E-state index contributed by atoms with van der Waals surface area (Å²) in [6.45, 7) is 8.49. The number of ether oxygens (including phenoxy) is 1. The van der Waals surface area contributed by atoms with Crippen molar-refractivity contribution in [2.24, 2.45) is 0 Å². The SMILES string of the molecule is CC(C)Oc1ccc2c(c1)c(CN1CCNCC1)c1n2S(=O)(=O)c2ccccc2-1. The molecule has 0 spiro atoms. The number of nitrogens with zero attached hydrogens (tertiary/aromatic N) is 2. The van der Waals surface area contributed by atoms with Gasteiger partial charge < -0.3 is 10.1 Å². The van der Waals surface area contributed by atoms with Crippen molar-refractivity contribution in [3.63, 3.8) is 0 Å². The fraction of sp³-hybridized carbons (Fsp3) is 0.364. The molecule has 152 valence electrons. The second-order valence-corrected chi connectivity index (χ2v) is 9.72. The molecule has 1 saturated heterocycles. The van der Waals surface area contributed by atoms with E-state index in [1.54, 1.807) is 12.1 Å². The fourth-order valence-corrected chi connectivity index (χ4v) is 6.17. The quantitative estimate of drug-likeness (QED) is 0.559. The lowest BCUT2D eigenvalue weighted by Gasteiger charge is -2.27. The Hall–Kier alpha value is -2.35. The van der Waals surface area contributed by atoms with Gasteiger partial charge in [0, 0.05) is 49.2 Å². The molecule has 0 aliphatic carbocycles. The fourth-order valence-electron chi connectivity index (χ4n) is 4.41. The number of benzene rings is 2. The highest BCUT2D eigenvalue weighted by molar-refractivity contribution is 7.90. The van der Waals surface area contributed by atoms with Crippen LogP contribution in [0.25, 0.3) is 22.2 Å². The number of hydrogen-bond donors (Lipinski definition) is 1. The van der Waals surface area contributed by atoms with Crippen LogP contribution in [0.1, 0.15) is 19.4 Å². The molecule has 0 saturated carbocycles. The molecule has 2 aliphatic heterocycles. The standard InChI is InChI=1S/C22H25N3O3S/c1-15(2)28-16-7-8-20-18(13-16)19(14-24-11-9-23-10-12-24)22-17-5-3-4-6-21(17)29(26,27)25(20)22/h3-8,13,15,23H,9-12,14H2,1-2H3. The maximum Gasteiger partial charge on any atom is 0.269 e. The van der Waals surface area contributed by atoms with Gasteiger partial charge in [0.15, 0.2) is 0 Å². The van der Waals surface area contributed by atoms with E-state index in [0.717, 1.165) is 66.2 Å². The molecule has 0 amide bonds. The lowest BCUT2D eigenvalue weighted by molar-refractivity contribution is 0.234. The third kappa shape index (κ3) is 2.96. The van der Waals surface area contributed by atoms with E-state index in [9.17, 15) is 8.42 Å². The molecule has 1 N–H and O–H groups in total. The number of rotatable bonds is 4. The average molecular weight is 412 g/mol. The minimum atomic E-state index is -3.60. The lowest BCUT2D eigenvalue weighted by Crippen LogP contribution is -2.42. The van der Waals surface area contributed by atoms with Crippen molar-refractivity contribution >= 4 is 20.9 Å². The topological polar surface area (TPSA) is 63.6 Å². The maximum atomic E-state index is 13.4. The predicted octanol–water partition coefficient (Wildman–Crippen LogP) is 3.05. The first-order valence-corrected chi connectivity index (χ1v) is 11.5. The van der Waals surface area contributed by atoms with Crippen LogP contribution in [0, 0.1) is 0 Å². The van der Waals surface area contributed by atoms with E-state index in [0.29, 0.717) is 4.90 Å². The summed E-state index contributed by atoms with van der Waals surface area (Å²) in [6, 6.07) is 13.0.